The molecule has 6 nitrogen and oxygen atoms in total. The van der Waals surface area contributed by atoms with Gasteiger partial charge in [0.05, 0.1) is 12.7 Å². The molecular formula is C19H14ClN5OS. The zero-order valence-electron chi connectivity index (χ0n) is 14.3. The van der Waals surface area contributed by atoms with Gasteiger partial charge in [0.25, 0.3) is 0 Å². The van der Waals surface area contributed by atoms with Gasteiger partial charge in [0.2, 0.25) is 5.13 Å². The quantitative estimate of drug-likeness (QED) is 0.508. The highest BCUT2D eigenvalue weighted by atomic mass is 35.5. The molecule has 0 amide bonds. The van der Waals surface area contributed by atoms with E-state index in [0.29, 0.717) is 26.6 Å². The van der Waals surface area contributed by atoms with Gasteiger partial charge >= 0.3 is 0 Å². The molecule has 4 aromatic rings. The van der Waals surface area contributed by atoms with E-state index in [1.165, 1.54) is 11.3 Å². The van der Waals surface area contributed by atoms with Crippen LogP contribution >= 0.6 is 22.9 Å². The van der Waals surface area contributed by atoms with Crippen LogP contribution in [0.4, 0.5) is 10.8 Å². The molecule has 8 heteroatoms. The monoisotopic (exact) mass is 395 g/mol. The first kappa shape index (κ1) is 17.4. The fourth-order valence-electron chi connectivity index (χ4n) is 2.60. The summed E-state index contributed by atoms with van der Waals surface area (Å²) in [5.74, 6) is 0.716. The Morgan fingerprint density at radius 3 is 2.48 bits per heavy atom. The minimum atomic E-state index is 0.664. The molecule has 0 unspecified atom stereocenters. The summed E-state index contributed by atoms with van der Waals surface area (Å²) in [6, 6.07) is 13.1. The third-order valence-corrected chi connectivity index (χ3v) is 4.92. The number of anilines is 2. The summed E-state index contributed by atoms with van der Waals surface area (Å²) in [4.78, 5) is 8.61. The summed E-state index contributed by atoms with van der Waals surface area (Å²) in [7, 11) is 1.64. The van der Waals surface area contributed by atoms with E-state index in [1.807, 2.05) is 42.5 Å². The number of ether oxygens (including phenoxy) is 1. The Bertz CT molecular complexity index is 1050. The number of methoxy groups -OCH3 is 1. The van der Waals surface area contributed by atoms with Crippen LogP contribution < -0.4 is 10.1 Å². The van der Waals surface area contributed by atoms with Crippen molar-refractivity contribution in [1.82, 2.24) is 20.2 Å². The first-order valence-electron chi connectivity index (χ1n) is 8.04. The van der Waals surface area contributed by atoms with Crippen molar-refractivity contribution >= 4 is 33.8 Å². The summed E-state index contributed by atoms with van der Waals surface area (Å²) >= 11 is 7.34. The van der Waals surface area contributed by atoms with Crippen molar-refractivity contribution in [3.63, 3.8) is 0 Å². The smallest absolute Gasteiger partial charge is 0.210 e. The average Bonchev–Trinajstić information content (AvgIpc) is 3.18. The molecule has 0 radical (unpaired) electrons. The molecule has 0 fully saturated rings. The van der Waals surface area contributed by atoms with Gasteiger partial charge in [0.15, 0.2) is 5.01 Å². The third kappa shape index (κ3) is 3.74. The summed E-state index contributed by atoms with van der Waals surface area (Å²) < 4.78 is 5.54. The van der Waals surface area contributed by atoms with Crippen molar-refractivity contribution < 1.29 is 4.74 Å². The number of hydrogen-bond donors (Lipinski definition) is 1. The van der Waals surface area contributed by atoms with Crippen LogP contribution in [0.3, 0.4) is 0 Å². The largest absolute Gasteiger partial charge is 0.496 e. The fraction of sp³-hybridized carbons (Fsp3) is 0.0526. The summed E-state index contributed by atoms with van der Waals surface area (Å²) in [5.41, 5.74) is 3.40. The van der Waals surface area contributed by atoms with Crippen molar-refractivity contribution in [2.75, 3.05) is 12.4 Å². The Morgan fingerprint density at radius 1 is 0.963 bits per heavy atom. The van der Waals surface area contributed by atoms with Crippen molar-refractivity contribution in [2.45, 2.75) is 0 Å². The number of rotatable bonds is 5. The molecule has 0 saturated carbocycles. The van der Waals surface area contributed by atoms with E-state index in [1.54, 1.807) is 25.7 Å². The molecule has 0 spiro atoms. The van der Waals surface area contributed by atoms with Crippen LogP contribution in [-0.2, 0) is 0 Å². The lowest BCUT2D eigenvalue weighted by atomic mass is 10.0. The predicted octanol–water partition coefficient (Wildman–Crippen LogP) is 5.07. The molecule has 1 aromatic carbocycles. The first-order valence-corrected chi connectivity index (χ1v) is 9.24. The second-order valence-electron chi connectivity index (χ2n) is 5.52. The average molecular weight is 396 g/mol. The van der Waals surface area contributed by atoms with E-state index in [-0.39, 0.29) is 0 Å². The maximum Gasteiger partial charge on any atom is 0.210 e. The molecule has 4 rings (SSSR count). The summed E-state index contributed by atoms with van der Waals surface area (Å²) in [6.07, 6.45) is 5.17. The fourth-order valence-corrected chi connectivity index (χ4v) is 3.49. The molecular weight excluding hydrogens is 382 g/mol. The Hall–Kier alpha value is -3.03. The van der Waals surface area contributed by atoms with E-state index in [0.717, 1.165) is 16.8 Å². The lowest BCUT2D eigenvalue weighted by Crippen LogP contribution is -1.94. The van der Waals surface area contributed by atoms with Crippen molar-refractivity contribution in [2.24, 2.45) is 0 Å². The van der Waals surface area contributed by atoms with Gasteiger partial charge in [-0.2, -0.15) is 0 Å². The first-order chi connectivity index (χ1) is 13.2. The topological polar surface area (TPSA) is 72.8 Å². The molecule has 0 aliphatic heterocycles. The highest BCUT2D eigenvalue weighted by molar-refractivity contribution is 7.18. The second-order valence-corrected chi connectivity index (χ2v) is 6.93. The van der Waals surface area contributed by atoms with Gasteiger partial charge in [-0.1, -0.05) is 22.9 Å². The molecule has 1 N–H and O–H groups in total. The van der Waals surface area contributed by atoms with E-state index in [2.05, 4.69) is 25.5 Å². The van der Waals surface area contributed by atoms with Crippen LogP contribution in [-0.4, -0.2) is 27.3 Å². The number of nitrogens with one attached hydrogen (secondary N) is 1. The van der Waals surface area contributed by atoms with Gasteiger partial charge in [-0.25, -0.2) is 0 Å². The molecule has 134 valence electrons. The number of halogens is 1. The van der Waals surface area contributed by atoms with E-state index >= 15 is 0 Å². The van der Waals surface area contributed by atoms with Gasteiger partial charge in [0, 0.05) is 29.3 Å². The lowest BCUT2D eigenvalue weighted by molar-refractivity contribution is 0.416. The van der Waals surface area contributed by atoms with E-state index in [4.69, 9.17) is 16.3 Å². The maximum absolute atomic E-state index is 5.93. The predicted molar refractivity (Wildman–Crippen MR) is 108 cm³/mol. The van der Waals surface area contributed by atoms with Gasteiger partial charge < -0.3 is 10.1 Å². The molecule has 0 atom stereocenters. The SMILES string of the molecule is COc1ccnc(-c2nnc(Nc3ccc(Cl)cc3)s2)c1-c1ccncc1. The van der Waals surface area contributed by atoms with Gasteiger partial charge in [0.1, 0.15) is 11.4 Å². The van der Waals surface area contributed by atoms with Crippen LogP contribution in [0.2, 0.25) is 5.02 Å². The van der Waals surface area contributed by atoms with E-state index < -0.39 is 0 Å². The highest BCUT2D eigenvalue weighted by Gasteiger charge is 2.18. The van der Waals surface area contributed by atoms with Crippen molar-refractivity contribution in [1.29, 1.82) is 0 Å². The van der Waals surface area contributed by atoms with Crippen LogP contribution in [0, 0.1) is 0 Å². The van der Waals surface area contributed by atoms with Crippen LogP contribution in [0.15, 0.2) is 61.1 Å². The second kappa shape index (κ2) is 7.69. The Kier molecular flexibility index (Phi) is 4.95. The molecule has 0 bridgehead atoms. The van der Waals surface area contributed by atoms with E-state index in [9.17, 15) is 0 Å². The van der Waals surface area contributed by atoms with Crippen molar-refractivity contribution in [3.05, 3.63) is 66.1 Å². The number of hydrogen-bond acceptors (Lipinski definition) is 7. The number of aromatic nitrogens is 4. The van der Waals surface area contributed by atoms with Gasteiger partial charge in [-0.15, -0.1) is 10.2 Å². The zero-order chi connectivity index (χ0) is 18.6. The molecule has 3 heterocycles. The van der Waals surface area contributed by atoms with Gasteiger partial charge in [-0.05, 0) is 48.0 Å². The molecule has 0 saturated heterocycles. The summed E-state index contributed by atoms with van der Waals surface area (Å²) in [5, 5.41) is 13.8. The van der Waals surface area contributed by atoms with Crippen LogP contribution in [0.5, 0.6) is 5.75 Å². The van der Waals surface area contributed by atoms with Crippen LogP contribution in [0.1, 0.15) is 0 Å². The highest BCUT2D eigenvalue weighted by Crippen LogP contribution is 2.39. The molecule has 3 aromatic heterocycles. The summed E-state index contributed by atoms with van der Waals surface area (Å²) in [6.45, 7) is 0. The number of benzene rings is 1. The Balaban J connectivity index is 1.72. The number of nitrogens with zero attached hydrogens (tertiary/aromatic N) is 4. The number of pyridine rings is 2. The van der Waals surface area contributed by atoms with Crippen LogP contribution in [0.25, 0.3) is 21.8 Å². The molecule has 0 aliphatic carbocycles. The standard InChI is InChI=1S/C19H14ClN5OS/c1-26-15-8-11-22-17(16(15)12-6-9-21-10-7-12)18-24-25-19(27-18)23-14-4-2-13(20)3-5-14/h2-11H,1H3,(H,23,25). The molecule has 27 heavy (non-hydrogen) atoms. The zero-order valence-corrected chi connectivity index (χ0v) is 15.8. The van der Waals surface area contributed by atoms with Crippen molar-refractivity contribution in [3.8, 4) is 27.6 Å². The Morgan fingerprint density at radius 2 is 1.74 bits per heavy atom. The van der Waals surface area contributed by atoms with Gasteiger partial charge in [-0.3, -0.25) is 9.97 Å². The lowest BCUT2D eigenvalue weighted by Gasteiger charge is -2.11. The Labute approximate surface area is 164 Å². The third-order valence-electron chi connectivity index (χ3n) is 3.82. The minimum absolute atomic E-state index is 0.664. The minimum Gasteiger partial charge on any atom is -0.496 e. The normalized spacial score (nSPS) is 10.6. The molecule has 0 aliphatic rings. The maximum atomic E-state index is 5.93.